The average Bonchev–Trinajstić information content (AvgIpc) is 2.57. The highest BCUT2D eigenvalue weighted by atomic mass is 16.5. The Bertz CT molecular complexity index is 760. The lowest BCUT2D eigenvalue weighted by Gasteiger charge is -2.11. The minimum absolute atomic E-state index is 0.310. The summed E-state index contributed by atoms with van der Waals surface area (Å²) in [5.41, 5.74) is 4.21. The molecule has 25 heavy (non-hydrogen) atoms. The second-order valence-electron chi connectivity index (χ2n) is 5.98. The summed E-state index contributed by atoms with van der Waals surface area (Å²) >= 11 is 0. The summed E-state index contributed by atoms with van der Waals surface area (Å²) in [6, 6.07) is 11.3. The van der Waals surface area contributed by atoms with E-state index in [0.29, 0.717) is 12.1 Å². The number of carbonyl (C=O) groups is 2. The Hall–Kier alpha value is -2.82. The van der Waals surface area contributed by atoms with E-state index >= 15 is 0 Å². The van der Waals surface area contributed by atoms with Crippen molar-refractivity contribution in [3.63, 3.8) is 0 Å². The topological polar surface area (TPSA) is 64.6 Å². The number of esters is 1. The SMILES string of the molecule is COc1cccc(CNC(=O)COC(=O)c2c(C)cc(C)cc2C)c1. The molecule has 0 aromatic heterocycles. The number of benzene rings is 2. The molecule has 0 aliphatic heterocycles. The zero-order chi connectivity index (χ0) is 18.4. The molecule has 0 atom stereocenters. The first-order valence-corrected chi connectivity index (χ1v) is 8.05. The van der Waals surface area contributed by atoms with Crippen LogP contribution in [-0.4, -0.2) is 25.6 Å². The second-order valence-corrected chi connectivity index (χ2v) is 5.98. The van der Waals surface area contributed by atoms with Crippen LogP contribution in [0.15, 0.2) is 36.4 Å². The second kappa shape index (κ2) is 8.33. The summed E-state index contributed by atoms with van der Waals surface area (Å²) in [6.07, 6.45) is 0. The zero-order valence-corrected chi connectivity index (χ0v) is 15.0. The Morgan fingerprint density at radius 1 is 1.04 bits per heavy atom. The van der Waals surface area contributed by atoms with Crippen LogP contribution in [-0.2, 0) is 16.1 Å². The molecule has 1 amide bonds. The smallest absolute Gasteiger partial charge is 0.339 e. The first-order chi connectivity index (χ1) is 11.9. The van der Waals surface area contributed by atoms with Gasteiger partial charge in [-0.05, 0) is 49.6 Å². The maximum atomic E-state index is 12.2. The van der Waals surface area contributed by atoms with E-state index in [-0.39, 0.29) is 12.5 Å². The van der Waals surface area contributed by atoms with Crippen molar-refractivity contribution in [1.82, 2.24) is 5.32 Å². The fourth-order valence-corrected chi connectivity index (χ4v) is 2.74. The number of hydrogen-bond donors (Lipinski definition) is 1. The summed E-state index contributed by atoms with van der Waals surface area (Å²) in [5, 5.41) is 2.72. The molecule has 0 heterocycles. The number of ether oxygens (including phenoxy) is 2. The molecule has 0 unspecified atom stereocenters. The number of carbonyl (C=O) groups excluding carboxylic acids is 2. The van der Waals surface area contributed by atoms with E-state index in [2.05, 4.69) is 5.32 Å². The van der Waals surface area contributed by atoms with Crippen LogP contribution >= 0.6 is 0 Å². The summed E-state index contributed by atoms with van der Waals surface area (Å²) in [7, 11) is 1.59. The molecule has 0 bridgehead atoms. The van der Waals surface area contributed by atoms with Crippen LogP contribution in [0.5, 0.6) is 5.75 Å². The molecule has 2 rings (SSSR count). The molecule has 0 saturated carbocycles. The predicted octanol–water partition coefficient (Wildman–Crippen LogP) is 3.09. The van der Waals surface area contributed by atoms with Gasteiger partial charge < -0.3 is 14.8 Å². The highest BCUT2D eigenvalue weighted by molar-refractivity contribution is 5.94. The third kappa shape index (κ3) is 5.08. The van der Waals surface area contributed by atoms with Gasteiger partial charge in [-0.2, -0.15) is 0 Å². The van der Waals surface area contributed by atoms with Crippen LogP contribution in [0.4, 0.5) is 0 Å². The van der Waals surface area contributed by atoms with Gasteiger partial charge in [-0.15, -0.1) is 0 Å². The van der Waals surface area contributed by atoms with Gasteiger partial charge in [-0.1, -0.05) is 29.8 Å². The van der Waals surface area contributed by atoms with Gasteiger partial charge in [0.1, 0.15) is 5.75 Å². The molecule has 0 spiro atoms. The van der Waals surface area contributed by atoms with Gasteiger partial charge in [0.25, 0.3) is 5.91 Å². The standard InChI is InChI=1S/C20H23NO4/c1-13-8-14(2)19(15(3)9-13)20(23)25-12-18(22)21-11-16-6-5-7-17(10-16)24-4/h5-10H,11-12H2,1-4H3,(H,21,22). The van der Waals surface area contributed by atoms with Crippen molar-refractivity contribution < 1.29 is 19.1 Å². The largest absolute Gasteiger partial charge is 0.497 e. The Balaban J connectivity index is 1.88. The Morgan fingerprint density at radius 3 is 2.36 bits per heavy atom. The monoisotopic (exact) mass is 341 g/mol. The highest BCUT2D eigenvalue weighted by Crippen LogP contribution is 2.17. The quantitative estimate of drug-likeness (QED) is 0.820. The molecule has 0 fully saturated rings. The van der Waals surface area contributed by atoms with Gasteiger partial charge in [-0.3, -0.25) is 4.79 Å². The Labute approximate surface area is 148 Å². The van der Waals surface area contributed by atoms with E-state index < -0.39 is 5.97 Å². The molecule has 0 aliphatic carbocycles. The maximum absolute atomic E-state index is 12.2. The lowest BCUT2D eigenvalue weighted by Crippen LogP contribution is -2.28. The van der Waals surface area contributed by atoms with E-state index in [1.165, 1.54) is 0 Å². The minimum Gasteiger partial charge on any atom is -0.497 e. The molecule has 1 N–H and O–H groups in total. The molecule has 5 heteroatoms. The van der Waals surface area contributed by atoms with Crippen molar-refractivity contribution in [3.8, 4) is 5.75 Å². The van der Waals surface area contributed by atoms with E-state index in [4.69, 9.17) is 9.47 Å². The van der Waals surface area contributed by atoms with Crippen molar-refractivity contribution in [2.24, 2.45) is 0 Å². The zero-order valence-electron chi connectivity index (χ0n) is 15.0. The number of hydrogen-bond acceptors (Lipinski definition) is 4. The van der Waals surface area contributed by atoms with Gasteiger partial charge >= 0.3 is 5.97 Å². The van der Waals surface area contributed by atoms with Crippen LogP contribution in [0.2, 0.25) is 0 Å². The Morgan fingerprint density at radius 2 is 1.72 bits per heavy atom. The van der Waals surface area contributed by atoms with Gasteiger partial charge in [-0.25, -0.2) is 4.79 Å². The van der Waals surface area contributed by atoms with Crippen LogP contribution in [0.3, 0.4) is 0 Å². The summed E-state index contributed by atoms with van der Waals surface area (Å²) < 4.78 is 10.3. The third-order valence-corrected chi connectivity index (χ3v) is 3.84. The number of nitrogens with one attached hydrogen (secondary N) is 1. The lowest BCUT2D eigenvalue weighted by molar-refractivity contribution is -0.124. The van der Waals surface area contributed by atoms with Gasteiger partial charge in [0.05, 0.1) is 12.7 Å². The van der Waals surface area contributed by atoms with Crippen LogP contribution in [0, 0.1) is 20.8 Å². The van der Waals surface area contributed by atoms with Crippen molar-refractivity contribution in [3.05, 3.63) is 64.2 Å². The van der Waals surface area contributed by atoms with Gasteiger partial charge in [0.15, 0.2) is 6.61 Å². The summed E-state index contributed by atoms with van der Waals surface area (Å²) in [5.74, 6) is -0.103. The molecule has 2 aromatic carbocycles. The van der Waals surface area contributed by atoms with Crippen LogP contribution in [0.25, 0.3) is 0 Å². The molecule has 5 nitrogen and oxygen atoms in total. The van der Waals surface area contributed by atoms with Crippen LogP contribution in [0.1, 0.15) is 32.6 Å². The number of rotatable bonds is 6. The highest BCUT2D eigenvalue weighted by Gasteiger charge is 2.15. The molecular formula is C20H23NO4. The lowest BCUT2D eigenvalue weighted by atomic mass is 10.00. The summed E-state index contributed by atoms with van der Waals surface area (Å²) in [6.45, 7) is 5.73. The van der Waals surface area contributed by atoms with Crippen molar-refractivity contribution in [2.75, 3.05) is 13.7 Å². The first kappa shape index (κ1) is 18.5. The predicted molar refractivity (Wildman–Crippen MR) is 95.8 cm³/mol. The normalized spacial score (nSPS) is 10.2. The summed E-state index contributed by atoms with van der Waals surface area (Å²) in [4.78, 5) is 24.2. The van der Waals surface area contributed by atoms with Gasteiger partial charge in [0.2, 0.25) is 0 Å². The molecular weight excluding hydrogens is 318 g/mol. The van der Waals surface area contributed by atoms with E-state index in [0.717, 1.165) is 28.0 Å². The fourth-order valence-electron chi connectivity index (χ4n) is 2.74. The van der Waals surface area contributed by atoms with E-state index in [1.807, 2.05) is 57.2 Å². The van der Waals surface area contributed by atoms with Crippen molar-refractivity contribution in [1.29, 1.82) is 0 Å². The average molecular weight is 341 g/mol. The van der Waals surface area contributed by atoms with Gasteiger partial charge in [0, 0.05) is 6.54 Å². The Kier molecular flexibility index (Phi) is 6.17. The third-order valence-electron chi connectivity index (χ3n) is 3.84. The molecule has 0 radical (unpaired) electrons. The van der Waals surface area contributed by atoms with Crippen LogP contribution < -0.4 is 10.1 Å². The molecule has 0 saturated heterocycles. The molecule has 0 aliphatic rings. The van der Waals surface area contributed by atoms with E-state index in [1.54, 1.807) is 7.11 Å². The number of amides is 1. The van der Waals surface area contributed by atoms with Crippen molar-refractivity contribution >= 4 is 11.9 Å². The fraction of sp³-hybridized carbons (Fsp3) is 0.300. The van der Waals surface area contributed by atoms with E-state index in [9.17, 15) is 9.59 Å². The number of methoxy groups -OCH3 is 1. The number of aryl methyl sites for hydroxylation is 3. The molecule has 132 valence electrons. The first-order valence-electron chi connectivity index (χ1n) is 8.05. The molecule has 2 aromatic rings. The minimum atomic E-state index is -0.480. The van der Waals surface area contributed by atoms with Crippen molar-refractivity contribution in [2.45, 2.75) is 27.3 Å². The maximum Gasteiger partial charge on any atom is 0.339 e.